The van der Waals surface area contributed by atoms with Gasteiger partial charge >= 0.3 is 0 Å². The highest BCUT2D eigenvalue weighted by Gasteiger charge is 2.45. The molecule has 0 atom stereocenters. The van der Waals surface area contributed by atoms with Crippen molar-refractivity contribution in [3.8, 4) is 0 Å². The lowest BCUT2D eigenvalue weighted by Crippen LogP contribution is -2.53. The number of oxime groups is 1. The summed E-state index contributed by atoms with van der Waals surface area (Å²) in [7, 11) is 1.71. The summed E-state index contributed by atoms with van der Waals surface area (Å²) in [5.41, 5.74) is 5.80. The number of amides is 1. The summed E-state index contributed by atoms with van der Waals surface area (Å²) in [6.45, 7) is 1.29. The van der Waals surface area contributed by atoms with Crippen molar-refractivity contribution in [1.82, 2.24) is 9.88 Å². The molecule has 7 heteroatoms. The van der Waals surface area contributed by atoms with Gasteiger partial charge in [0.25, 0.3) is 0 Å². The van der Waals surface area contributed by atoms with Crippen molar-refractivity contribution >= 4 is 11.7 Å². The average Bonchev–Trinajstić information content (AvgIpc) is 2.54. The van der Waals surface area contributed by atoms with Gasteiger partial charge < -0.3 is 20.6 Å². The molecular formula is C14H20N4O3. The fourth-order valence-corrected chi connectivity index (χ4v) is 2.59. The van der Waals surface area contributed by atoms with Gasteiger partial charge in [0.2, 0.25) is 5.91 Å². The van der Waals surface area contributed by atoms with Gasteiger partial charge in [-0.2, -0.15) is 0 Å². The predicted molar refractivity (Wildman–Crippen MR) is 76.6 cm³/mol. The number of amidine groups is 1. The van der Waals surface area contributed by atoms with Gasteiger partial charge in [-0.1, -0.05) is 5.16 Å². The second kappa shape index (κ2) is 6.53. The maximum Gasteiger partial charge on any atom is 0.236 e. The number of hydrogen-bond acceptors (Lipinski definition) is 5. The molecule has 7 nitrogen and oxygen atoms in total. The Morgan fingerprint density at radius 2 is 2.10 bits per heavy atom. The summed E-state index contributed by atoms with van der Waals surface area (Å²) < 4.78 is 5.30. The maximum absolute atomic E-state index is 12.8. The number of pyridine rings is 1. The van der Waals surface area contributed by atoms with E-state index in [2.05, 4.69) is 10.1 Å². The Bertz CT molecular complexity index is 512. The molecule has 2 rings (SSSR count). The van der Waals surface area contributed by atoms with Gasteiger partial charge in [-0.3, -0.25) is 9.78 Å². The molecule has 3 N–H and O–H groups in total. The molecule has 1 saturated heterocycles. The van der Waals surface area contributed by atoms with Crippen molar-refractivity contribution in [2.24, 2.45) is 16.3 Å². The van der Waals surface area contributed by atoms with E-state index >= 15 is 0 Å². The Morgan fingerprint density at radius 3 is 2.67 bits per heavy atom. The summed E-state index contributed by atoms with van der Waals surface area (Å²) >= 11 is 0. The van der Waals surface area contributed by atoms with Gasteiger partial charge in [0.15, 0.2) is 5.84 Å². The van der Waals surface area contributed by atoms with E-state index in [0.717, 1.165) is 5.56 Å². The predicted octanol–water partition coefficient (Wildman–Crippen LogP) is 0.583. The van der Waals surface area contributed by atoms with Crippen molar-refractivity contribution < 1.29 is 14.7 Å². The molecule has 0 unspecified atom stereocenters. The highest BCUT2D eigenvalue weighted by Crippen LogP contribution is 2.33. The fourth-order valence-electron chi connectivity index (χ4n) is 2.59. The van der Waals surface area contributed by atoms with Gasteiger partial charge in [-0.25, -0.2) is 0 Å². The van der Waals surface area contributed by atoms with Gasteiger partial charge in [0.05, 0.1) is 0 Å². The third kappa shape index (κ3) is 3.13. The average molecular weight is 292 g/mol. The van der Waals surface area contributed by atoms with Crippen LogP contribution in [-0.2, 0) is 16.1 Å². The van der Waals surface area contributed by atoms with Crippen molar-refractivity contribution in [2.45, 2.75) is 19.4 Å². The Morgan fingerprint density at radius 1 is 1.48 bits per heavy atom. The van der Waals surface area contributed by atoms with Crippen LogP contribution in [0.15, 0.2) is 29.7 Å². The first-order valence-corrected chi connectivity index (χ1v) is 6.80. The minimum Gasteiger partial charge on any atom is -0.409 e. The lowest BCUT2D eigenvalue weighted by molar-refractivity contribution is -0.141. The van der Waals surface area contributed by atoms with Crippen molar-refractivity contribution in [1.29, 1.82) is 0 Å². The minimum atomic E-state index is -0.977. The molecule has 1 amide bonds. The van der Waals surface area contributed by atoms with Crippen molar-refractivity contribution in [3.05, 3.63) is 30.1 Å². The molecule has 0 aliphatic carbocycles. The fraction of sp³-hybridized carbons (Fsp3) is 0.500. The molecule has 1 fully saturated rings. The van der Waals surface area contributed by atoms with E-state index in [1.165, 1.54) is 0 Å². The van der Waals surface area contributed by atoms with Crippen molar-refractivity contribution in [2.75, 3.05) is 20.3 Å². The van der Waals surface area contributed by atoms with Gasteiger partial charge in [0.1, 0.15) is 5.41 Å². The SMILES string of the molecule is CN(Cc1ccncc1)C(=O)C1(C(N)=NO)CCOCC1. The molecule has 0 spiro atoms. The zero-order valence-electron chi connectivity index (χ0n) is 12.0. The molecule has 1 aliphatic heterocycles. The van der Waals surface area contributed by atoms with Crippen LogP contribution in [0.1, 0.15) is 18.4 Å². The molecule has 1 aromatic heterocycles. The number of nitrogens with zero attached hydrogens (tertiary/aromatic N) is 3. The monoisotopic (exact) mass is 292 g/mol. The van der Waals surface area contributed by atoms with Crippen LogP contribution in [0.25, 0.3) is 0 Å². The van der Waals surface area contributed by atoms with Crippen LogP contribution in [0.2, 0.25) is 0 Å². The second-order valence-electron chi connectivity index (χ2n) is 5.20. The Balaban J connectivity index is 2.18. The zero-order chi connectivity index (χ0) is 15.3. The van der Waals surface area contributed by atoms with Crippen LogP contribution in [0, 0.1) is 5.41 Å². The van der Waals surface area contributed by atoms with E-state index in [9.17, 15) is 4.79 Å². The maximum atomic E-state index is 12.8. The molecular weight excluding hydrogens is 272 g/mol. The molecule has 0 radical (unpaired) electrons. The number of nitrogens with two attached hydrogens (primary N) is 1. The third-order valence-electron chi connectivity index (χ3n) is 3.87. The first kappa shape index (κ1) is 15.2. The molecule has 0 aromatic carbocycles. The number of hydrogen-bond donors (Lipinski definition) is 2. The van der Waals surface area contributed by atoms with Gasteiger partial charge in [0, 0.05) is 39.2 Å². The second-order valence-corrected chi connectivity index (χ2v) is 5.20. The van der Waals surface area contributed by atoms with Crippen LogP contribution >= 0.6 is 0 Å². The van der Waals surface area contributed by atoms with Gasteiger partial charge in [-0.15, -0.1) is 0 Å². The quantitative estimate of drug-likeness (QED) is 0.366. The summed E-state index contributed by atoms with van der Waals surface area (Å²) in [5.74, 6) is -0.199. The van der Waals surface area contributed by atoms with E-state index < -0.39 is 5.41 Å². The first-order chi connectivity index (χ1) is 10.1. The molecule has 114 valence electrons. The largest absolute Gasteiger partial charge is 0.409 e. The molecule has 0 bridgehead atoms. The van der Waals surface area contributed by atoms with Crippen LogP contribution in [0.4, 0.5) is 0 Å². The molecule has 2 heterocycles. The summed E-state index contributed by atoms with van der Waals surface area (Å²) in [4.78, 5) is 18.4. The zero-order valence-corrected chi connectivity index (χ0v) is 12.0. The number of carbonyl (C=O) groups excluding carboxylic acids is 1. The number of rotatable bonds is 4. The normalized spacial score (nSPS) is 18.2. The summed E-state index contributed by atoms with van der Waals surface area (Å²) in [6, 6.07) is 3.70. The number of ether oxygens (including phenoxy) is 1. The Hall–Kier alpha value is -2.15. The highest BCUT2D eigenvalue weighted by molar-refractivity contribution is 6.06. The van der Waals surface area contributed by atoms with E-state index in [4.69, 9.17) is 15.7 Å². The topological polar surface area (TPSA) is 101 Å². The lowest BCUT2D eigenvalue weighted by Gasteiger charge is -2.37. The molecule has 1 aliphatic rings. The van der Waals surface area contributed by atoms with E-state index in [1.807, 2.05) is 12.1 Å². The lowest BCUT2D eigenvalue weighted by atomic mass is 9.77. The number of aromatic nitrogens is 1. The summed E-state index contributed by atoms with van der Waals surface area (Å²) in [6.07, 6.45) is 4.20. The van der Waals surface area contributed by atoms with E-state index in [0.29, 0.717) is 32.6 Å². The van der Waals surface area contributed by atoms with Crippen LogP contribution in [0.5, 0.6) is 0 Å². The third-order valence-corrected chi connectivity index (χ3v) is 3.87. The highest BCUT2D eigenvalue weighted by atomic mass is 16.5. The van der Waals surface area contributed by atoms with Crippen LogP contribution < -0.4 is 5.73 Å². The Labute approximate surface area is 123 Å². The number of carbonyl (C=O) groups is 1. The minimum absolute atomic E-state index is 0.0441. The first-order valence-electron chi connectivity index (χ1n) is 6.80. The van der Waals surface area contributed by atoms with Crippen LogP contribution in [0.3, 0.4) is 0 Å². The van der Waals surface area contributed by atoms with E-state index in [-0.39, 0.29) is 11.7 Å². The summed E-state index contributed by atoms with van der Waals surface area (Å²) in [5, 5.41) is 12.1. The smallest absolute Gasteiger partial charge is 0.236 e. The molecule has 21 heavy (non-hydrogen) atoms. The molecule has 0 saturated carbocycles. The van der Waals surface area contributed by atoms with Crippen molar-refractivity contribution in [3.63, 3.8) is 0 Å². The Kier molecular flexibility index (Phi) is 4.74. The molecule has 1 aromatic rings. The van der Waals surface area contributed by atoms with E-state index in [1.54, 1.807) is 24.3 Å². The standard InChI is InChI=1S/C14H20N4O3/c1-18(10-11-2-6-16-7-3-11)13(19)14(12(15)17-20)4-8-21-9-5-14/h2-3,6-7,20H,4-5,8-10H2,1H3,(H2,15,17). The van der Waals surface area contributed by atoms with Crippen LogP contribution in [-0.4, -0.2) is 47.1 Å². The van der Waals surface area contributed by atoms with Gasteiger partial charge in [-0.05, 0) is 30.5 Å².